The van der Waals surface area contributed by atoms with E-state index in [1.165, 1.54) is 0 Å². The van der Waals surface area contributed by atoms with Crippen LogP contribution in [0.25, 0.3) is 0 Å². The Labute approximate surface area is 112 Å². The Kier molecular flexibility index (Phi) is 3.96. The molecule has 0 saturated carbocycles. The van der Waals surface area contributed by atoms with Crippen molar-refractivity contribution in [3.8, 4) is 5.75 Å². The van der Waals surface area contributed by atoms with E-state index in [4.69, 9.17) is 21.4 Å². The molecular formula is C11H11BrN2O2S. The van der Waals surface area contributed by atoms with Crippen LogP contribution >= 0.6 is 28.1 Å². The number of nitrogens with one attached hydrogen (secondary N) is 1. The van der Waals surface area contributed by atoms with Gasteiger partial charge < -0.3 is 9.15 Å². The van der Waals surface area contributed by atoms with Gasteiger partial charge in [-0.1, -0.05) is 22.9 Å². The van der Waals surface area contributed by atoms with Crippen molar-refractivity contribution in [3.05, 3.63) is 39.0 Å². The SMILES string of the molecule is CCc1cc(Br)ccc1OCc1n[nH]c(=S)o1. The monoisotopic (exact) mass is 314 g/mol. The van der Waals surface area contributed by atoms with Crippen molar-refractivity contribution in [2.45, 2.75) is 20.0 Å². The molecule has 0 aliphatic heterocycles. The molecule has 90 valence electrons. The van der Waals surface area contributed by atoms with Gasteiger partial charge in [0.1, 0.15) is 5.75 Å². The molecule has 2 aromatic rings. The second-order valence-electron chi connectivity index (χ2n) is 3.40. The molecule has 0 spiro atoms. The predicted octanol–water partition coefficient (Wildman–Crippen LogP) is 3.64. The van der Waals surface area contributed by atoms with Gasteiger partial charge >= 0.3 is 0 Å². The zero-order valence-electron chi connectivity index (χ0n) is 9.20. The van der Waals surface area contributed by atoms with Crippen LogP contribution in [0.1, 0.15) is 18.4 Å². The number of H-pyrrole nitrogens is 1. The van der Waals surface area contributed by atoms with Crippen molar-refractivity contribution in [2.24, 2.45) is 0 Å². The average Bonchev–Trinajstić information content (AvgIpc) is 2.73. The predicted molar refractivity (Wildman–Crippen MR) is 69.5 cm³/mol. The van der Waals surface area contributed by atoms with Gasteiger partial charge in [-0.25, -0.2) is 5.10 Å². The fraction of sp³-hybridized carbons (Fsp3) is 0.273. The molecule has 0 atom stereocenters. The van der Waals surface area contributed by atoms with E-state index in [0.29, 0.717) is 5.89 Å². The molecule has 17 heavy (non-hydrogen) atoms. The number of aromatic amines is 1. The lowest BCUT2D eigenvalue weighted by atomic mass is 10.1. The third kappa shape index (κ3) is 3.17. The van der Waals surface area contributed by atoms with Gasteiger partial charge in [0.2, 0.25) is 0 Å². The molecule has 0 aliphatic carbocycles. The third-order valence-electron chi connectivity index (χ3n) is 2.24. The van der Waals surface area contributed by atoms with Crippen molar-refractivity contribution < 1.29 is 9.15 Å². The fourth-order valence-corrected chi connectivity index (χ4v) is 1.98. The van der Waals surface area contributed by atoms with Crippen molar-refractivity contribution in [2.75, 3.05) is 0 Å². The molecule has 0 saturated heterocycles. The first kappa shape index (κ1) is 12.3. The Morgan fingerprint density at radius 2 is 2.35 bits per heavy atom. The number of rotatable bonds is 4. The molecule has 1 aromatic heterocycles. The highest BCUT2D eigenvalue weighted by atomic mass is 79.9. The molecule has 2 rings (SSSR count). The maximum atomic E-state index is 5.64. The molecule has 4 nitrogen and oxygen atoms in total. The van der Waals surface area contributed by atoms with Gasteiger partial charge in [-0.15, -0.1) is 5.10 Å². The molecule has 1 heterocycles. The van der Waals surface area contributed by atoms with Gasteiger partial charge in [0, 0.05) is 4.47 Å². The normalized spacial score (nSPS) is 10.5. The van der Waals surface area contributed by atoms with Gasteiger partial charge in [-0.3, -0.25) is 0 Å². The van der Waals surface area contributed by atoms with Crippen LogP contribution in [-0.2, 0) is 13.0 Å². The lowest BCUT2D eigenvalue weighted by Gasteiger charge is -2.08. The number of nitrogens with zero attached hydrogens (tertiary/aromatic N) is 1. The average molecular weight is 315 g/mol. The van der Waals surface area contributed by atoms with Gasteiger partial charge in [0.15, 0.2) is 6.61 Å². The van der Waals surface area contributed by atoms with E-state index in [9.17, 15) is 0 Å². The summed E-state index contributed by atoms with van der Waals surface area (Å²) in [6.45, 7) is 2.34. The first-order valence-electron chi connectivity index (χ1n) is 5.14. The van der Waals surface area contributed by atoms with Gasteiger partial charge in [-0.2, -0.15) is 0 Å². The topological polar surface area (TPSA) is 51.0 Å². The van der Waals surface area contributed by atoms with Crippen LogP contribution in [0, 0.1) is 4.84 Å². The van der Waals surface area contributed by atoms with Crippen LogP contribution in [0.3, 0.4) is 0 Å². The second kappa shape index (κ2) is 5.46. The Morgan fingerprint density at radius 1 is 1.53 bits per heavy atom. The van der Waals surface area contributed by atoms with Crippen molar-refractivity contribution in [1.82, 2.24) is 10.2 Å². The summed E-state index contributed by atoms with van der Waals surface area (Å²) >= 11 is 8.21. The summed E-state index contributed by atoms with van der Waals surface area (Å²) in [5.74, 6) is 1.28. The molecular weight excluding hydrogens is 304 g/mol. The minimum Gasteiger partial charge on any atom is -0.484 e. The first-order chi connectivity index (χ1) is 8.19. The van der Waals surface area contributed by atoms with E-state index < -0.39 is 0 Å². The molecule has 0 unspecified atom stereocenters. The zero-order chi connectivity index (χ0) is 12.3. The smallest absolute Gasteiger partial charge is 0.284 e. The highest BCUT2D eigenvalue weighted by Gasteiger charge is 2.05. The van der Waals surface area contributed by atoms with E-state index in [0.717, 1.165) is 22.2 Å². The van der Waals surface area contributed by atoms with Crippen LogP contribution in [0.15, 0.2) is 27.1 Å². The van der Waals surface area contributed by atoms with Gasteiger partial charge in [0.05, 0.1) is 0 Å². The van der Waals surface area contributed by atoms with Crippen molar-refractivity contribution in [1.29, 1.82) is 0 Å². The molecule has 0 radical (unpaired) electrons. The molecule has 0 amide bonds. The zero-order valence-corrected chi connectivity index (χ0v) is 11.6. The number of aromatic nitrogens is 2. The third-order valence-corrected chi connectivity index (χ3v) is 2.90. The van der Waals surface area contributed by atoms with Crippen LogP contribution in [-0.4, -0.2) is 10.2 Å². The summed E-state index contributed by atoms with van der Waals surface area (Å²) in [6, 6.07) is 5.90. The Morgan fingerprint density at radius 3 is 3.00 bits per heavy atom. The van der Waals surface area contributed by atoms with Crippen LogP contribution in [0.5, 0.6) is 5.75 Å². The van der Waals surface area contributed by atoms with Crippen LogP contribution < -0.4 is 4.74 Å². The minimum absolute atomic E-state index is 0.259. The summed E-state index contributed by atoms with van der Waals surface area (Å²) in [5, 5.41) is 6.43. The van der Waals surface area contributed by atoms with Gasteiger partial charge in [-0.05, 0) is 42.4 Å². The number of hydrogen-bond acceptors (Lipinski definition) is 4. The van der Waals surface area contributed by atoms with E-state index in [1.807, 2.05) is 18.2 Å². The second-order valence-corrected chi connectivity index (χ2v) is 4.69. The number of hydrogen-bond donors (Lipinski definition) is 1. The summed E-state index contributed by atoms with van der Waals surface area (Å²) in [5.41, 5.74) is 1.13. The summed E-state index contributed by atoms with van der Waals surface area (Å²) in [4.78, 5) is 0.259. The molecule has 0 bridgehead atoms. The molecule has 1 aromatic carbocycles. The quantitative estimate of drug-likeness (QED) is 0.875. The summed E-state index contributed by atoms with van der Waals surface area (Å²) in [6.07, 6.45) is 0.902. The molecule has 6 heteroatoms. The number of benzene rings is 1. The van der Waals surface area contributed by atoms with E-state index in [-0.39, 0.29) is 11.4 Å². The summed E-state index contributed by atoms with van der Waals surface area (Å²) in [7, 11) is 0. The lowest BCUT2D eigenvalue weighted by molar-refractivity contribution is 0.259. The number of halogens is 1. The summed E-state index contributed by atoms with van der Waals surface area (Å²) < 4.78 is 11.8. The van der Waals surface area contributed by atoms with Gasteiger partial charge in [0.25, 0.3) is 10.7 Å². The van der Waals surface area contributed by atoms with E-state index in [2.05, 4.69) is 33.1 Å². The number of ether oxygens (including phenoxy) is 1. The van der Waals surface area contributed by atoms with Crippen LogP contribution in [0.4, 0.5) is 0 Å². The molecule has 1 N–H and O–H groups in total. The minimum atomic E-state index is 0.259. The van der Waals surface area contributed by atoms with Crippen molar-refractivity contribution >= 4 is 28.1 Å². The maximum Gasteiger partial charge on any atom is 0.284 e. The van der Waals surface area contributed by atoms with E-state index in [1.54, 1.807) is 0 Å². The first-order valence-corrected chi connectivity index (χ1v) is 6.34. The standard InChI is InChI=1S/C11H11BrN2O2S/c1-2-7-5-8(12)3-4-9(7)15-6-10-13-14-11(17)16-10/h3-5H,2,6H2,1H3,(H,14,17). The largest absolute Gasteiger partial charge is 0.484 e. The molecule has 0 aliphatic rings. The van der Waals surface area contributed by atoms with E-state index >= 15 is 0 Å². The fourth-order valence-electron chi connectivity index (χ4n) is 1.43. The Bertz CT molecular complexity index is 565. The van der Waals surface area contributed by atoms with Crippen LogP contribution in [0.2, 0.25) is 0 Å². The Hall–Kier alpha value is -1.14. The lowest BCUT2D eigenvalue weighted by Crippen LogP contribution is -1.98. The van der Waals surface area contributed by atoms with Crippen molar-refractivity contribution in [3.63, 3.8) is 0 Å². The highest BCUT2D eigenvalue weighted by Crippen LogP contribution is 2.24. The molecule has 0 fully saturated rings. The maximum absolute atomic E-state index is 5.64. The Balaban J connectivity index is 2.11. The number of aryl methyl sites for hydroxylation is 1. The highest BCUT2D eigenvalue weighted by molar-refractivity contribution is 9.10.